The summed E-state index contributed by atoms with van der Waals surface area (Å²) in [5.41, 5.74) is 1.29. The molecule has 1 aromatic carbocycles. The van der Waals surface area contributed by atoms with Crippen LogP contribution in [0.25, 0.3) is 0 Å². The number of halogens is 2. The van der Waals surface area contributed by atoms with E-state index in [1.54, 1.807) is 29.2 Å². The standard InChI is InChI=1S/C12H15F2N3O/c1-8(11(13)14)16-9-3-2-4-10(7-9)17-6-5-15-12(17)18/h2-4,7-8,11,16H,5-6H2,1H3,(H,15,18). The van der Waals surface area contributed by atoms with Gasteiger partial charge in [-0.25, -0.2) is 13.6 Å². The molecule has 0 aliphatic carbocycles. The van der Waals surface area contributed by atoms with Crippen molar-refractivity contribution < 1.29 is 13.6 Å². The van der Waals surface area contributed by atoms with Crippen molar-refractivity contribution in [3.8, 4) is 0 Å². The molecule has 1 heterocycles. The second kappa shape index (κ2) is 5.20. The molecule has 1 saturated heterocycles. The third-order valence-electron chi connectivity index (χ3n) is 2.79. The highest BCUT2D eigenvalue weighted by molar-refractivity contribution is 5.94. The molecule has 1 atom stereocenters. The Bertz CT molecular complexity index is 439. The number of hydrogen-bond acceptors (Lipinski definition) is 2. The van der Waals surface area contributed by atoms with Crippen molar-refractivity contribution in [3.63, 3.8) is 0 Å². The zero-order valence-electron chi connectivity index (χ0n) is 9.99. The molecule has 1 aliphatic heterocycles. The normalized spacial score (nSPS) is 16.9. The number of nitrogens with one attached hydrogen (secondary N) is 2. The van der Waals surface area contributed by atoms with Crippen LogP contribution >= 0.6 is 0 Å². The summed E-state index contributed by atoms with van der Waals surface area (Å²) in [6.45, 7) is 2.61. The number of benzene rings is 1. The van der Waals surface area contributed by atoms with Crippen LogP contribution in [0.15, 0.2) is 24.3 Å². The minimum absolute atomic E-state index is 0.158. The fourth-order valence-electron chi connectivity index (χ4n) is 1.81. The summed E-state index contributed by atoms with van der Waals surface area (Å²) in [7, 11) is 0. The average molecular weight is 255 g/mol. The molecular formula is C12H15F2N3O. The van der Waals surface area contributed by atoms with E-state index in [0.29, 0.717) is 24.5 Å². The van der Waals surface area contributed by atoms with Crippen LogP contribution in [0, 0.1) is 0 Å². The first-order valence-electron chi connectivity index (χ1n) is 5.78. The minimum atomic E-state index is -2.43. The molecule has 18 heavy (non-hydrogen) atoms. The van der Waals surface area contributed by atoms with Crippen molar-refractivity contribution in [3.05, 3.63) is 24.3 Å². The van der Waals surface area contributed by atoms with Crippen LogP contribution in [0.5, 0.6) is 0 Å². The van der Waals surface area contributed by atoms with Gasteiger partial charge in [-0.3, -0.25) is 4.90 Å². The molecule has 1 unspecified atom stereocenters. The van der Waals surface area contributed by atoms with Gasteiger partial charge in [0, 0.05) is 24.5 Å². The molecule has 1 aliphatic rings. The van der Waals surface area contributed by atoms with Crippen molar-refractivity contribution in [2.75, 3.05) is 23.3 Å². The molecule has 0 aromatic heterocycles. The van der Waals surface area contributed by atoms with Gasteiger partial charge in [0.05, 0.1) is 6.04 Å². The Morgan fingerprint density at radius 2 is 2.22 bits per heavy atom. The van der Waals surface area contributed by atoms with E-state index >= 15 is 0 Å². The maximum Gasteiger partial charge on any atom is 0.321 e. The summed E-state index contributed by atoms with van der Waals surface area (Å²) in [6.07, 6.45) is -2.43. The second-order valence-electron chi connectivity index (χ2n) is 4.20. The molecule has 0 spiro atoms. The van der Waals surface area contributed by atoms with E-state index in [4.69, 9.17) is 0 Å². The fourth-order valence-corrected chi connectivity index (χ4v) is 1.81. The predicted molar refractivity (Wildman–Crippen MR) is 66.3 cm³/mol. The minimum Gasteiger partial charge on any atom is -0.377 e. The number of rotatable bonds is 4. The van der Waals surface area contributed by atoms with Gasteiger partial charge in [-0.2, -0.15) is 0 Å². The number of urea groups is 1. The zero-order chi connectivity index (χ0) is 13.1. The number of nitrogens with zero attached hydrogens (tertiary/aromatic N) is 1. The van der Waals surface area contributed by atoms with Gasteiger partial charge in [-0.1, -0.05) is 6.07 Å². The van der Waals surface area contributed by atoms with Gasteiger partial charge in [-0.05, 0) is 25.1 Å². The second-order valence-corrected chi connectivity index (χ2v) is 4.20. The van der Waals surface area contributed by atoms with E-state index in [-0.39, 0.29) is 6.03 Å². The molecule has 98 valence electrons. The Hall–Kier alpha value is -1.85. The number of carbonyl (C=O) groups excluding carboxylic acids is 1. The lowest BCUT2D eigenvalue weighted by Gasteiger charge is -2.18. The molecule has 2 N–H and O–H groups in total. The summed E-state index contributed by atoms with van der Waals surface area (Å²) < 4.78 is 24.9. The third-order valence-corrected chi connectivity index (χ3v) is 2.79. The SMILES string of the molecule is CC(Nc1cccc(N2CCNC2=O)c1)C(F)F. The maximum atomic E-state index is 12.4. The van der Waals surface area contributed by atoms with Gasteiger partial charge in [0.15, 0.2) is 0 Å². The first-order chi connectivity index (χ1) is 8.58. The number of hydrogen-bond donors (Lipinski definition) is 2. The molecule has 2 amide bonds. The van der Waals surface area contributed by atoms with Crippen molar-refractivity contribution in [2.24, 2.45) is 0 Å². The van der Waals surface area contributed by atoms with Crippen LogP contribution in [0.4, 0.5) is 25.0 Å². The smallest absolute Gasteiger partial charge is 0.321 e. The van der Waals surface area contributed by atoms with E-state index in [1.165, 1.54) is 6.92 Å². The number of carbonyl (C=O) groups is 1. The highest BCUT2D eigenvalue weighted by Gasteiger charge is 2.21. The maximum absolute atomic E-state index is 12.4. The van der Waals surface area contributed by atoms with E-state index in [0.717, 1.165) is 0 Å². The highest BCUT2D eigenvalue weighted by atomic mass is 19.3. The molecule has 6 heteroatoms. The fraction of sp³-hybridized carbons (Fsp3) is 0.417. The largest absolute Gasteiger partial charge is 0.377 e. The first-order valence-corrected chi connectivity index (χ1v) is 5.78. The molecule has 0 radical (unpaired) electrons. The van der Waals surface area contributed by atoms with Crippen LogP contribution in [0.1, 0.15) is 6.92 Å². The number of anilines is 2. The van der Waals surface area contributed by atoms with E-state index in [2.05, 4.69) is 10.6 Å². The van der Waals surface area contributed by atoms with Crippen LogP contribution < -0.4 is 15.5 Å². The molecule has 0 saturated carbocycles. The molecular weight excluding hydrogens is 240 g/mol. The van der Waals surface area contributed by atoms with Gasteiger partial charge >= 0.3 is 6.03 Å². The molecule has 4 nitrogen and oxygen atoms in total. The lowest BCUT2D eigenvalue weighted by atomic mass is 10.2. The summed E-state index contributed by atoms with van der Waals surface area (Å²) in [6, 6.07) is 5.84. The van der Waals surface area contributed by atoms with Crippen LogP contribution in [-0.2, 0) is 0 Å². The summed E-state index contributed by atoms with van der Waals surface area (Å²) >= 11 is 0. The number of alkyl halides is 2. The van der Waals surface area contributed by atoms with Crippen LogP contribution in [0.2, 0.25) is 0 Å². The summed E-state index contributed by atoms with van der Waals surface area (Å²) in [5.74, 6) is 0. The highest BCUT2D eigenvalue weighted by Crippen LogP contribution is 2.22. The molecule has 1 aromatic rings. The van der Waals surface area contributed by atoms with Crippen molar-refractivity contribution in [1.29, 1.82) is 0 Å². The van der Waals surface area contributed by atoms with Gasteiger partial charge in [0.1, 0.15) is 0 Å². The Morgan fingerprint density at radius 3 is 2.83 bits per heavy atom. The lowest BCUT2D eigenvalue weighted by molar-refractivity contribution is 0.131. The average Bonchev–Trinajstić information content (AvgIpc) is 2.75. The van der Waals surface area contributed by atoms with Gasteiger partial charge in [0.2, 0.25) is 0 Å². The molecule has 0 bridgehead atoms. The molecule has 2 rings (SSSR count). The Morgan fingerprint density at radius 1 is 1.44 bits per heavy atom. The summed E-state index contributed by atoms with van der Waals surface area (Å²) in [4.78, 5) is 13.1. The van der Waals surface area contributed by atoms with Crippen molar-refractivity contribution in [1.82, 2.24) is 5.32 Å². The third kappa shape index (κ3) is 2.69. The zero-order valence-corrected chi connectivity index (χ0v) is 9.99. The van der Waals surface area contributed by atoms with Crippen LogP contribution in [-0.4, -0.2) is 31.6 Å². The van der Waals surface area contributed by atoms with Crippen molar-refractivity contribution >= 4 is 17.4 Å². The first kappa shape index (κ1) is 12.6. The number of amides is 2. The Labute approximate surface area is 104 Å². The topological polar surface area (TPSA) is 44.4 Å². The monoisotopic (exact) mass is 255 g/mol. The lowest BCUT2D eigenvalue weighted by Crippen LogP contribution is -2.28. The summed E-state index contributed by atoms with van der Waals surface area (Å²) in [5, 5.41) is 5.40. The van der Waals surface area contributed by atoms with E-state index < -0.39 is 12.5 Å². The van der Waals surface area contributed by atoms with Gasteiger partial charge in [0.25, 0.3) is 6.43 Å². The quantitative estimate of drug-likeness (QED) is 0.867. The Kier molecular flexibility index (Phi) is 3.64. The van der Waals surface area contributed by atoms with Crippen LogP contribution in [0.3, 0.4) is 0 Å². The predicted octanol–water partition coefficient (Wildman–Crippen LogP) is 2.28. The van der Waals surface area contributed by atoms with E-state index in [1.807, 2.05) is 0 Å². The van der Waals surface area contributed by atoms with Gasteiger partial charge in [-0.15, -0.1) is 0 Å². The van der Waals surface area contributed by atoms with Crippen molar-refractivity contribution in [2.45, 2.75) is 19.4 Å². The Balaban J connectivity index is 2.12. The molecule has 1 fully saturated rings. The van der Waals surface area contributed by atoms with E-state index in [9.17, 15) is 13.6 Å². The van der Waals surface area contributed by atoms with Gasteiger partial charge < -0.3 is 10.6 Å².